The van der Waals surface area contributed by atoms with Crippen LogP contribution in [0.4, 0.5) is 14.9 Å². The lowest BCUT2D eigenvalue weighted by molar-refractivity contribution is 0.241. The van der Waals surface area contributed by atoms with Crippen molar-refractivity contribution in [1.29, 1.82) is 0 Å². The van der Waals surface area contributed by atoms with Gasteiger partial charge >= 0.3 is 6.03 Å². The van der Waals surface area contributed by atoms with Gasteiger partial charge in [-0.2, -0.15) is 11.8 Å². The monoisotopic (exact) mass is 286 g/mol. The number of aliphatic hydroxyl groups is 1. The average Bonchev–Trinajstić information content (AvgIpc) is 2.33. The molecule has 6 heteroatoms. The van der Waals surface area contributed by atoms with E-state index in [-0.39, 0.29) is 24.5 Å². The van der Waals surface area contributed by atoms with Gasteiger partial charge in [-0.1, -0.05) is 0 Å². The molecule has 1 aromatic rings. The van der Waals surface area contributed by atoms with Gasteiger partial charge in [0.1, 0.15) is 5.82 Å². The van der Waals surface area contributed by atoms with E-state index in [1.54, 1.807) is 18.7 Å². The number of benzene rings is 1. The topological polar surface area (TPSA) is 61.4 Å². The normalized spacial score (nSPS) is 12.0. The standard InChI is InChI=1S/C13H19FN2O2S/c1-9-7-10(14)3-4-12(9)16-13(18)15-11(5-6-17)8-19-2/h3-4,7,11,17H,5-6,8H2,1-2H3,(H2,15,16,18)/t11-/m0/s1. The Bertz CT molecular complexity index is 423. The molecule has 4 nitrogen and oxygen atoms in total. The highest BCUT2D eigenvalue weighted by molar-refractivity contribution is 7.98. The number of thioether (sulfide) groups is 1. The zero-order valence-corrected chi connectivity index (χ0v) is 11.9. The number of urea groups is 1. The maximum absolute atomic E-state index is 12.9. The maximum Gasteiger partial charge on any atom is 0.319 e. The van der Waals surface area contributed by atoms with E-state index in [0.717, 1.165) is 5.75 Å². The molecule has 1 rings (SSSR count). The number of hydrogen-bond acceptors (Lipinski definition) is 3. The maximum atomic E-state index is 12.9. The second kappa shape index (κ2) is 8.01. The van der Waals surface area contributed by atoms with Crippen LogP contribution in [0.1, 0.15) is 12.0 Å². The molecule has 0 unspecified atom stereocenters. The van der Waals surface area contributed by atoms with Crippen LogP contribution in [0, 0.1) is 12.7 Å². The summed E-state index contributed by atoms with van der Waals surface area (Å²) in [6, 6.07) is 3.76. The molecule has 0 aliphatic rings. The van der Waals surface area contributed by atoms with E-state index in [1.807, 2.05) is 6.26 Å². The molecule has 106 valence electrons. The molecule has 1 atom stereocenters. The largest absolute Gasteiger partial charge is 0.396 e. The van der Waals surface area contributed by atoms with Gasteiger partial charge in [0.25, 0.3) is 0 Å². The summed E-state index contributed by atoms with van der Waals surface area (Å²) in [4.78, 5) is 11.8. The van der Waals surface area contributed by atoms with Crippen LogP contribution in [-0.2, 0) is 0 Å². The van der Waals surface area contributed by atoms with Crippen molar-refractivity contribution in [2.24, 2.45) is 0 Å². The van der Waals surface area contributed by atoms with E-state index in [9.17, 15) is 9.18 Å². The van der Waals surface area contributed by atoms with Crippen LogP contribution in [0.5, 0.6) is 0 Å². The van der Waals surface area contributed by atoms with E-state index in [4.69, 9.17) is 5.11 Å². The summed E-state index contributed by atoms with van der Waals surface area (Å²) in [5.41, 5.74) is 1.24. The lowest BCUT2D eigenvalue weighted by Gasteiger charge is -2.17. The lowest BCUT2D eigenvalue weighted by Crippen LogP contribution is -2.40. The first kappa shape index (κ1) is 15.8. The SMILES string of the molecule is CSC[C@H](CCO)NC(=O)Nc1ccc(F)cc1C. The minimum Gasteiger partial charge on any atom is -0.396 e. The quantitative estimate of drug-likeness (QED) is 0.752. The van der Waals surface area contributed by atoms with Crippen LogP contribution in [0.25, 0.3) is 0 Å². The van der Waals surface area contributed by atoms with Gasteiger partial charge in [0.05, 0.1) is 0 Å². The highest BCUT2D eigenvalue weighted by Gasteiger charge is 2.12. The first-order chi connectivity index (χ1) is 9.06. The fourth-order valence-corrected chi connectivity index (χ4v) is 2.32. The number of carbonyl (C=O) groups excluding carboxylic acids is 1. The summed E-state index contributed by atoms with van der Waals surface area (Å²) >= 11 is 1.60. The van der Waals surface area contributed by atoms with Gasteiger partial charge in [-0.15, -0.1) is 0 Å². The van der Waals surface area contributed by atoms with Crippen molar-refractivity contribution < 1.29 is 14.3 Å². The number of aryl methyl sites for hydroxylation is 1. The zero-order valence-electron chi connectivity index (χ0n) is 11.1. The Balaban J connectivity index is 2.58. The van der Waals surface area contributed by atoms with Crippen LogP contribution < -0.4 is 10.6 Å². The molecule has 2 amide bonds. The van der Waals surface area contributed by atoms with E-state index in [0.29, 0.717) is 17.7 Å². The Morgan fingerprint density at radius 3 is 2.84 bits per heavy atom. The molecule has 0 fully saturated rings. The number of rotatable bonds is 6. The molecule has 0 heterocycles. The number of anilines is 1. The summed E-state index contributed by atoms with van der Waals surface area (Å²) in [6.45, 7) is 1.76. The second-order valence-corrected chi connectivity index (χ2v) is 5.13. The summed E-state index contributed by atoms with van der Waals surface area (Å²) < 4.78 is 12.9. The smallest absolute Gasteiger partial charge is 0.319 e. The molecule has 0 aliphatic carbocycles. The first-order valence-corrected chi connectivity index (χ1v) is 7.39. The van der Waals surface area contributed by atoms with Crippen molar-refractivity contribution in [1.82, 2.24) is 5.32 Å². The summed E-state index contributed by atoms with van der Waals surface area (Å²) in [5.74, 6) is 0.403. The molecular weight excluding hydrogens is 267 g/mol. The van der Waals surface area contributed by atoms with Crippen molar-refractivity contribution in [3.05, 3.63) is 29.6 Å². The Hall–Kier alpha value is -1.27. The van der Waals surface area contributed by atoms with Crippen LogP contribution in [-0.4, -0.2) is 35.8 Å². The van der Waals surface area contributed by atoms with Gasteiger partial charge in [-0.05, 0) is 43.4 Å². The zero-order chi connectivity index (χ0) is 14.3. The molecule has 3 N–H and O–H groups in total. The van der Waals surface area contributed by atoms with Gasteiger partial charge in [0, 0.05) is 24.1 Å². The number of carbonyl (C=O) groups is 1. The Morgan fingerprint density at radius 1 is 1.53 bits per heavy atom. The van der Waals surface area contributed by atoms with Crippen molar-refractivity contribution >= 4 is 23.5 Å². The second-order valence-electron chi connectivity index (χ2n) is 4.22. The highest BCUT2D eigenvalue weighted by Crippen LogP contribution is 2.15. The third kappa shape index (κ3) is 5.48. The van der Waals surface area contributed by atoms with Crippen LogP contribution >= 0.6 is 11.8 Å². The van der Waals surface area contributed by atoms with Gasteiger partial charge in [0.15, 0.2) is 0 Å². The minimum atomic E-state index is -0.345. The fourth-order valence-electron chi connectivity index (χ4n) is 1.67. The van der Waals surface area contributed by atoms with Gasteiger partial charge in [0.2, 0.25) is 0 Å². The highest BCUT2D eigenvalue weighted by atomic mass is 32.2. The number of halogens is 1. The molecule has 0 aliphatic heterocycles. The van der Waals surface area contributed by atoms with Gasteiger partial charge < -0.3 is 15.7 Å². The van der Waals surface area contributed by atoms with Crippen molar-refractivity contribution in [2.75, 3.05) is 23.9 Å². The summed E-state index contributed by atoms with van der Waals surface area (Å²) in [5, 5.41) is 14.4. The fraction of sp³-hybridized carbons (Fsp3) is 0.462. The number of amides is 2. The van der Waals surface area contributed by atoms with Crippen LogP contribution in [0.3, 0.4) is 0 Å². The predicted octanol–water partition coefficient (Wildman–Crippen LogP) is 2.37. The van der Waals surface area contributed by atoms with E-state index >= 15 is 0 Å². The molecule has 1 aromatic carbocycles. The Labute approximate surface area is 116 Å². The number of nitrogens with one attached hydrogen (secondary N) is 2. The molecule has 0 radical (unpaired) electrons. The Morgan fingerprint density at radius 2 is 2.26 bits per heavy atom. The molecule has 19 heavy (non-hydrogen) atoms. The number of hydrogen-bond donors (Lipinski definition) is 3. The van der Waals surface area contributed by atoms with Gasteiger partial charge in [-0.25, -0.2) is 9.18 Å². The number of aliphatic hydroxyl groups excluding tert-OH is 1. The van der Waals surface area contributed by atoms with Gasteiger partial charge in [-0.3, -0.25) is 0 Å². The third-order valence-corrected chi connectivity index (χ3v) is 3.35. The molecule has 0 aromatic heterocycles. The van der Waals surface area contributed by atoms with Crippen LogP contribution in [0.2, 0.25) is 0 Å². The molecule has 0 spiro atoms. The first-order valence-electron chi connectivity index (χ1n) is 6.00. The third-order valence-electron chi connectivity index (χ3n) is 2.62. The van der Waals surface area contributed by atoms with Crippen molar-refractivity contribution in [2.45, 2.75) is 19.4 Å². The van der Waals surface area contributed by atoms with Crippen LogP contribution in [0.15, 0.2) is 18.2 Å². The molecule has 0 saturated carbocycles. The van der Waals surface area contributed by atoms with Crippen molar-refractivity contribution in [3.8, 4) is 0 Å². The van der Waals surface area contributed by atoms with Crippen molar-refractivity contribution in [3.63, 3.8) is 0 Å². The lowest BCUT2D eigenvalue weighted by atomic mass is 10.2. The van der Waals surface area contributed by atoms with E-state index in [1.165, 1.54) is 18.2 Å². The molecule has 0 bridgehead atoms. The average molecular weight is 286 g/mol. The van der Waals surface area contributed by atoms with E-state index in [2.05, 4.69) is 10.6 Å². The summed E-state index contributed by atoms with van der Waals surface area (Å²) in [6.07, 6.45) is 2.45. The predicted molar refractivity (Wildman–Crippen MR) is 77.2 cm³/mol. The Kier molecular flexibility index (Phi) is 6.66. The molecular formula is C13H19FN2O2S. The molecule has 0 saturated heterocycles. The van der Waals surface area contributed by atoms with E-state index < -0.39 is 0 Å². The minimum absolute atomic E-state index is 0.0289. The summed E-state index contributed by atoms with van der Waals surface area (Å²) in [7, 11) is 0.